The molecular formula is C18H27NO. The van der Waals surface area contributed by atoms with Gasteiger partial charge in [0.05, 0.1) is 6.61 Å². The molecule has 0 spiro atoms. The number of ether oxygens (including phenoxy) is 1. The summed E-state index contributed by atoms with van der Waals surface area (Å²) < 4.78 is 5.89. The first-order chi connectivity index (χ1) is 9.70. The Morgan fingerprint density at radius 2 is 1.95 bits per heavy atom. The first kappa shape index (κ1) is 13.9. The van der Waals surface area contributed by atoms with Gasteiger partial charge in [0.1, 0.15) is 5.75 Å². The summed E-state index contributed by atoms with van der Waals surface area (Å²) in [4.78, 5) is 0. The minimum atomic E-state index is 0.516. The molecule has 1 aliphatic heterocycles. The predicted octanol–water partition coefficient (Wildman–Crippen LogP) is 3.82. The molecule has 2 nitrogen and oxygen atoms in total. The van der Waals surface area contributed by atoms with Crippen molar-refractivity contribution in [1.29, 1.82) is 0 Å². The maximum atomic E-state index is 5.89. The van der Waals surface area contributed by atoms with Crippen LogP contribution in [0.25, 0.3) is 0 Å². The third-order valence-corrected chi connectivity index (χ3v) is 5.65. The van der Waals surface area contributed by atoms with Gasteiger partial charge in [-0.15, -0.1) is 0 Å². The van der Waals surface area contributed by atoms with Crippen LogP contribution >= 0.6 is 0 Å². The highest BCUT2D eigenvalue weighted by Gasteiger charge is 2.37. The van der Waals surface area contributed by atoms with E-state index in [2.05, 4.69) is 50.5 Å². The van der Waals surface area contributed by atoms with E-state index in [-0.39, 0.29) is 0 Å². The molecule has 0 radical (unpaired) electrons. The van der Waals surface area contributed by atoms with Crippen molar-refractivity contribution in [3.63, 3.8) is 0 Å². The maximum absolute atomic E-state index is 5.89. The average molecular weight is 273 g/mol. The van der Waals surface area contributed by atoms with Gasteiger partial charge in [-0.3, -0.25) is 0 Å². The lowest BCUT2D eigenvalue weighted by Gasteiger charge is -2.38. The second-order valence-corrected chi connectivity index (χ2v) is 6.80. The van der Waals surface area contributed by atoms with Crippen LogP contribution in [0.1, 0.15) is 44.6 Å². The smallest absolute Gasteiger partial charge is 0.122 e. The molecule has 1 saturated carbocycles. The molecule has 5 atom stereocenters. The number of nitrogens with one attached hydrogen (secondary N) is 1. The van der Waals surface area contributed by atoms with Gasteiger partial charge in [-0.25, -0.2) is 0 Å². The lowest BCUT2D eigenvalue weighted by Crippen LogP contribution is -2.42. The Hall–Kier alpha value is -1.02. The van der Waals surface area contributed by atoms with Gasteiger partial charge in [0.25, 0.3) is 0 Å². The summed E-state index contributed by atoms with van der Waals surface area (Å²) in [6.45, 7) is 5.66. The van der Waals surface area contributed by atoms with Gasteiger partial charge in [0.2, 0.25) is 0 Å². The minimum Gasteiger partial charge on any atom is -0.493 e. The van der Waals surface area contributed by atoms with Gasteiger partial charge in [0.15, 0.2) is 0 Å². The van der Waals surface area contributed by atoms with Gasteiger partial charge in [-0.05, 0) is 43.7 Å². The fourth-order valence-electron chi connectivity index (χ4n) is 4.17. The van der Waals surface area contributed by atoms with E-state index >= 15 is 0 Å². The number of likely N-dealkylation sites (N-methyl/N-ethyl adjacent to an activating group) is 1. The van der Waals surface area contributed by atoms with Crippen molar-refractivity contribution in [1.82, 2.24) is 5.32 Å². The van der Waals surface area contributed by atoms with Crippen LogP contribution in [-0.2, 0) is 0 Å². The number of hydrogen-bond acceptors (Lipinski definition) is 2. The predicted molar refractivity (Wildman–Crippen MR) is 83.2 cm³/mol. The van der Waals surface area contributed by atoms with E-state index in [1.54, 1.807) is 0 Å². The third kappa shape index (κ3) is 2.46. The lowest BCUT2D eigenvalue weighted by molar-refractivity contribution is 0.153. The molecule has 1 aromatic carbocycles. The Balaban J connectivity index is 1.78. The van der Waals surface area contributed by atoms with Crippen molar-refractivity contribution in [2.24, 2.45) is 17.8 Å². The molecule has 1 heterocycles. The fraction of sp³-hybridized carbons (Fsp3) is 0.667. The summed E-state index contributed by atoms with van der Waals surface area (Å²) >= 11 is 0. The Morgan fingerprint density at radius 1 is 1.15 bits per heavy atom. The second-order valence-electron chi connectivity index (χ2n) is 6.80. The van der Waals surface area contributed by atoms with E-state index in [1.165, 1.54) is 24.8 Å². The highest BCUT2D eigenvalue weighted by atomic mass is 16.5. The van der Waals surface area contributed by atoms with Crippen molar-refractivity contribution >= 4 is 0 Å². The SMILES string of the molecule is CNC(C1CCC(C)C(C)C1)C1COc2ccccc21. The van der Waals surface area contributed by atoms with Gasteiger partial charge >= 0.3 is 0 Å². The molecular weight excluding hydrogens is 246 g/mol. The molecule has 0 aromatic heterocycles. The Bertz CT molecular complexity index is 458. The zero-order chi connectivity index (χ0) is 14.1. The largest absolute Gasteiger partial charge is 0.493 e. The molecule has 1 fully saturated rings. The molecule has 2 aliphatic rings. The first-order valence-electron chi connectivity index (χ1n) is 8.09. The monoisotopic (exact) mass is 273 g/mol. The maximum Gasteiger partial charge on any atom is 0.122 e. The molecule has 0 saturated heterocycles. The molecule has 1 N–H and O–H groups in total. The molecule has 0 amide bonds. The van der Waals surface area contributed by atoms with Crippen LogP contribution < -0.4 is 10.1 Å². The third-order valence-electron chi connectivity index (χ3n) is 5.65. The van der Waals surface area contributed by atoms with Crippen molar-refractivity contribution in [2.45, 2.75) is 45.1 Å². The van der Waals surface area contributed by atoms with Gasteiger partial charge in [0, 0.05) is 17.5 Å². The van der Waals surface area contributed by atoms with E-state index in [4.69, 9.17) is 4.74 Å². The highest BCUT2D eigenvalue weighted by Crippen LogP contribution is 2.42. The van der Waals surface area contributed by atoms with Crippen LogP contribution in [0.5, 0.6) is 5.75 Å². The molecule has 2 heteroatoms. The van der Waals surface area contributed by atoms with Crippen molar-refractivity contribution in [2.75, 3.05) is 13.7 Å². The quantitative estimate of drug-likeness (QED) is 0.904. The van der Waals surface area contributed by atoms with E-state index in [0.717, 1.165) is 30.1 Å². The minimum absolute atomic E-state index is 0.516. The van der Waals surface area contributed by atoms with E-state index in [0.29, 0.717) is 12.0 Å². The Kier molecular flexibility index (Phi) is 4.02. The summed E-state index contributed by atoms with van der Waals surface area (Å²) in [6, 6.07) is 9.10. The average Bonchev–Trinajstić information content (AvgIpc) is 2.88. The number of hydrogen-bond donors (Lipinski definition) is 1. The van der Waals surface area contributed by atoms with Gasteiger partial charge in [-0.1, -0.05) is 38.5 Å². The van der Waals surface area contributed by atoms with E-state index < -0.39 is 0 Å². The molecule has 110 valence electrons. The standard InChI is InChI=1S/C18H27NO/c1-12-8-9-14(10-13(12)2)18(19-3)16-11-20-17-7-5-4-6-15(16)17/h4-7,12-14,16,18-19H,8-11H2,1-3H3. The lowest BCUT2D eigenvalue weighted by atomic mass is 9.70. The van der Waals surface area contributed by atoms with E-state index in [9.17, 15) is 0 Å². The molecule has 20 heavy (non-hydrogen) atoms. The van der Waals surface area contributed by atoms with Crippen molar-refractivity contribution in [3.8, 4) is 5.75 Å². The van der Waals surface area contributed by atoms with Crippen LogP contribution in [0.2, 0.25) is 0 Å². The van der Waals surface area contributed by atoms with Gasteiger partial charge < -0.3 is 10.1 Å². The van der Waals surface area contributed by atoms with Crippen molar-refractivity contribution in [3.05, 3.63) is 29.8 Å². The van der Waals surface area contributed by atoms with Gasteiger partial charge in [-0.2, -0.15) is 0 Å². The van der Waals surface area contributed by atoms with Crippen LogP contribution in [0.3, 0.4) is 0 Å². The zero-order valence-corrected chi connectivity index (χ0v) is 12.9. The topological polar surface area (TPSA) is 21.3 Å². The summed E-state index contributed by atoms with van der Waals surface area (Å²) in [7, 11) is 2.12. The molecule has 1 aromatic rings. The number of fused-ring (bicyclic) bond motifs is 1. The van der Waals surface area contributed by atoms with Crippen LogP contribution in [0, 0.1) is 17.8 Å². The number of para-hydroxylation sites is 1. The summed E-state index contributed by atoms with van der Waals surface area (Å²) in [6.07, 6.45) is 4.08. The molecule has 5 unspecified atom stereocenters. The van der Waals surface area contributed by atoms with Crippen LogP contribution in [0.15, 0.2) is 24.3 Å². The first-order valence-corrected chi connectivity index (χ1v) is 8.09. The Labute approximate surface area is 122 Å². The molecule has 3 rings (SSSR count). The molecule has 1 aliphatic carbocycles. The summed E-state index contributed by atoms with van der Waals surface area (Å²) in [5.41, 5.74) is 1.40. The molecule has 0 bridgehead atoms. The summed E-state index contributed by atoms with van der Waals surface area (Å²) in [5.74, 6) is 4.13. The number of benzene rings is 1. The zero-order valence-electron chi connectivity index (χ0n) is 12.9. The van der Waals surface area contributed by atoms with Crippen molar-refractivity contribution < 1.29 is 4.74 Å². The summed E-state index contributed by atoms with van der Waals surface area (Å²) in [5, 5.41) is 3.61. The normalized spacial score (nSPS) is 34.4. The van der Waals surface area contributed by atoms with Crippen LogP contribution in [-0.4, -0.2) is 19.7 Å². The Morgan fingerprint density at radius 3 is 2.70 bits per heavy atom. The van der Waals surface area contributed by atoms with E-state index in [1.807, 2.05) is 0 Å². The number of rotatable bonds is 3. The highest BCUT2D eigenvalue weighted by molar-refractivity contribution is 5.40. The fourth-order valence-corrected chi connectivity index (χ4v) is 4.17. The van der Waals surface area contributed by atoms with Crippen LogP contribution in [0.4, 0.5) is 0 Å². The second kappa shape index (κ2) is 5.77.